The molecule has 2 amide bonds. The van der Waals surface area contributed by atoms with E-state index in [1.54, 1.807) is 0 Å². The predicted octanol–water partition coefficient (Wildman–Crippen LogP) is -0.884. The van der Waals surface area contributed by atoms with Crippen LogP contribution in [0.5, 0.6) is 0 Å². The number of hydrazine groups is 2. The van der Waals surface area contributed by atoms with Gasteiger partial charge in [-0.05, 0) is 0 Å². The number of amides is 2. The van der Waals surface area contributed by atoms with Gasteiger partial charge in [0.05, 0.1) is 12.5 Å². The molecule has 0 aliphatic carbocycles. The maximum absolute atomic E-state index is 11.8. The van der Waals surface area contributed by atoms with E-state index in [0.29, 0.717) is 10.7 Å². The summed E-state index contributed by atoms with van der Waals surface area (Å²) in [6, 6.07) is -1.19. The topological polar surface area (TPSA) is 116 Å². The second kappa shape index (κ2) is 8.20. The van der Waals surface area contributed by atoms with E-state index < -0.39 is 26.1 Å². The number of halogens is 2. The molecular formula is C7H16Cl2N4O5S2. The van der Waals surface area contributed by atoms with E-state index in [9.17, 15) is 21.6 Å². The number of nitrogens with one attached hydrogen (secondary N) is 2. The Morgan fingerprint density at radius 3 is 1.95 bits per heavy atom. The zero-order valence-corrected chi connectivity index (χ0v) is 14.0. The molecule has 0 saturated carbocycles. The fraction of sp³-hybridized carbons (Fsp3) is 0.857. The van der Waals surface area contributed by atoms with Gasteiger partial charge in [0.15, 0.2) is 0 Å². The van der Waals surface area contributed by atoms with Crippen LogP contribution in [0, 0.1) is 0 Å². The minimum Gasteiger partial charge on any atom is -0.271 e. The summed E-state index contributed by atoms with van der Waals surface area (Å²) >= 11 is 10.8. The van der Waals surface area contributed by atoms with Crippen LogP contribution in [0.4, 0.5) is 4.79 Å². The Labute approximate surface area is 128 Å². The second-order valence-corrected chi connectivity index (χ2v) is 8.01. The van der Waals surface area contributed by atoms with Crippen molar-refractivity contribution in [2.24, 2.45) is 0 Å². The molecule has 0 aliphatic heterocycles. The Morgan fingerprint density at radius 1 is 1.05 bits per heavy atom. The maximum Gasteiger partial charge on any atom is 0.361 e. The van der Waals surface area contributed by atoms with Crippen LogP contribution in [0.1, 0.15) is 0 Å². The molecule has 0 aromatic rings. The van der Waals surface area contributed by atoms with Crippen molar-refractivity contribution < 1.29 is 21.6 Å². The van der Waals surface area contributed by atoms with Crippen molar-refractivity contribution in [2.75, 3.05) is 37.4 Å². The molecule has 0 rings (SSSR count). The standard InChI is InChI=1S/C7H16Cl2N4O5S2/c1-19(15,16)12(6-4-9)13(20(2,17)18)7(14)11-10-5-3-8/h10H,3-6H2,1-2H3,(H,11,14). The molecule has 0 heterocycles. The lowest BCUT2D eigenvalue weighted by atomic mass is 10.8. The largest absolute Gasteiger partial charge is 0.361 e. The summed E-state index contributed by atoms with van der Waals surface area (Å²) in [5, 5.41) is 0. The normalized spacial score (nSPS) is 12.4. The number of carbonyl (C=O) groups is 1. The van der Waals surface area contributed by atoms with Crippen LogP contribution in [-0.4, -0.2) is 69.1 Å². The number of sulfonamides is 2. The van der Waals surface area contributed by atoms with E-state index in [-0.39, 0.29) is 29.3 Å². The van der Waals surface area contributed by atoms with Crippen molar-refractivity contribution in [2.45, 2.75) is 0 Å². The summed E-state index contributed by atoms with van der Waals surface area (Å²) in [7, 11) is -8.17. The fourth-order valence-corrected chi connectivity index (χ4v) is 3.72. The molecular weight excluding hydrogens is 355 g/mol. The van der Waals surface area contributed by atoms with Gasteiger partial charge in [0.1, 0.15) is 0 Å². The van der Waals surface area contributed by atoms with E-state index in [1.165, 1.54) is 0 Å². The fourth-order valence-electron chi connectivity index (χ4n) is 1.11. The number of nitrogens with zero attached hydrogens (tertiary/aromatic N) is 2. The Balaban J connectivity index is 5.38. The first-order chi connectivity index (χ1) is 9.05. The summed E-state index contributed by atoms with van der Waals surface area (Å²) in [6.07, 6.45) is 1.46. The first-order valence-corrected chi connectivity index (χ1v) is 9.95. The molecule has 0 spiro atoms. The van der Waals surface area contributed by atoms with Gasteiger partial charge >= 0.3 is 6.03 Å². The van der Waals surface area contributed by atoms with Gasteiger partial charge < -0.3 is 0 Å². The van der Waals surface area contributed by atoms with E-state index in [1.807, 2.05) is 5.43 Å². The molecule has 0 aliphatic rings. The summed E-state index contributed by atoms with van der Waals surface area (Å²) < 4.78 is 46.9. The van der Waals surface area contributed by atoms with Crippen LogP contribution < -0.4 is 10.9 Å². The second-order valence-electron chi connectivity index (χ2n) is 3.55. The number of hydrogen-bond acceptors (Lipinski definition) is 6. The Bertz CT molecular complexity index is 523. The van der Waals surface area contributed by atoms with Crippen molar-refractivity contribution >= 4 is 49.3 Å². The molecule has 0 bridgehead atoms. The third kappa shape index (κ3) is 6.41. The number of hydrogen-bond donors (Lipinski definition) is 2. The first-order valence-electron chi connectivity index (χ1n) is 5.18. The Kier molecular flexibility index (Phi) is 8.06. The average molecular weight is 371 g/mol. The van der Waals surface area contributed by atoms with Gasteiger partial charge in [0, 0.05) is 24.8 Å². The number of alkyl halides is 2. The molecule has 0 aromatic heterocycles. The molecule has 0 fully saturated rings. The van der Waals surface area contributed by atoms with Crippen LogP contribution in [0.15, 0.2) is 0 Å². The molecule has 20 heavy (non-hydrogen) atoms. The molecule has 0 atom stereocenters. The van der Waals surface area contributed by atoms with Gasteiger partial charge in [-0.25, -0.2) is 27.1 Å². The Morgan fingerprint density at radius 2 is 1.60 bits per heavy atom. The highest BCUT2D eigenvalue weighted by molar-refractivity contribution is 7.91. The molecule has 9 nitrogen and oxygen atoms in total. The maximum atomic E-state index is 11.8. The molecule has 120 valence electrons. The van der Waals surface area contributed by atoms with E-state index >= 15 is 0 Å². The third-order valence-corrected chi connectivity index (χ3v) is 4.33. The van der Waals surface area contributed by atoms with Crippen LogP contribution in [0.2, 0.25) is 0 Å². The van der Waals surface area contributed by atoms with Gasteiger partial charge in [-0.1, -0.05) is 4.41 Å². The lowest BCUT2D eigenvalue weighted by molar-refractivity contribution is 0.160. The van der Waals surface area contributed by atoms with Crippen molar-refractivity contribution in [3.05, 3.63) is 0 Å². The number of urea groups is 1. The summed E-state index contributed by atoms with van der Waals surface area (Å²) in [5.74, 6) is -0.0297. The summed E-state index contributed by atoms with van der Waals surface area (Å²) in [6.45, 7) is -0.213. The zero-order valence-electron chi connectivity index (χ0n) is 10.8. The quantitative estimate of drug-likeness (QED) is 0.325. The summed E-state index contributed by atoms with van der Waals surface area (Å²) in [5.41, 5.74) is 4.37. The molecule has 13 heteroatoms. The van der Waals surface area contributed by atoms with Crippen LogP contribution in [-0.2, 0) is 20.0 Å². The molecule has 2 N–H and O–H groups in total. The average Bonchev–Trinajstić information content (AvgIpc) is 2.25. The Hall–Kier alpha value is -0.330. The zero-order chi connectivity index (χ0) is 16.0. The highest BCUT2D eigenvalue weighted by Crippen LogP contribution is 2.10. The van der Waals surface area contributed by atoms with Crippen molar-refractivity contribution in [1.29, 1.82) is 0 Å². The lowest BCUT2D eigenvalue weighted by Gasteiger charge is -2.30. The van der Waals surface area contributed by atoms with Gasteiger partial charge in [-0.2, -0.15) is 0 Å². The van der Waals surface area contributed by atoms with Crippen molar-refractivity contribution in [3.63, 3.8) is 0 Å². The van der Waals surface area contributed by atoms with Crippen LogP contribution in [0.25, 0.3) is 0 Å². The first kappa shape index (κ1) is 19.7. The van der Waals surface area contributed by atoms with E-state index in [0.717, 1.165) is 6.26 Å². The molecule has 0 unspecified atom stereocenters. The highest BCUT2D eigenvalue weighted by atomic mass is 35.5. The monoisotopic (exact) mass is 370 g/mol. The summed E-state index contributed by atoms with van der Waals surface area (Å²) in [4.78, 5) is 11.8. The van der Waals surface area contributed by atoms with Gasteiger partial charge in [0.25, 0.3) is 10.0 Å². The van der Waals surface area contributed by atoms with E-state index in [4.69, 9.17) is 23.2 Å². The molecule has 0 radical (unpaired) electrons. The smallest absolute Gasteiger partial charge is 0.271 e. The minimum atomic E-state index is -4.17. The van der Waals surface area contributed by atoms with Gasteiger partial charge in [-0.15, -0.1) is 27.6 Å². The van der Waals surface area contributed by atoms with Crippen molar-refractivity contribution in [1.82, 2.24) is 19.7 Å². The SMILES string of the molecule is CS(=O)(=O)N(CCCl)N(C(=O)NNCCCl)S(C)(=O)=O. The van der Waals surface area contributed by atoms with E-state index in [2.05, 4.69) is 5.43 Å². The highest BCUT2D eigenvalue weighted by Gasteiger charge is 2.35. The molecule has 0 aromatic carbocycles. The van der Waals surface area contributed by atoms with Crippen LogP contribution >= 0.6 is 23.2 Å². The van der Waals surface area contributed by atoms with Crippen LogP contribution in [0.3, 0.4) is 0 Å². The predicted molar refractivity (Wildman–Crippen MR) is 76.2 cm³/mol. The molecule has 0 saturated heterocycles. The van der Waals surface area contributed by atoms with Gasteiger partial charge in [-0.3, -0.25) is 5.43 Å². The van der Waals surface area contributed by atoms with Gasteiger partial charge in [0.2, 0.25) is 10.0 Å². The third-order valence-electron chi connectivity index (χ3n) is 1.76. The minimum absolute atomic E-state index is 0.0892. The van der Waals surface area contributed by atoms with Crippen molar-refractivity contribution in [3.8, 4) is 0 Å². The lowest BCUT2D eigenvalue weighted by Crippen LogP contribution is -2.58. The number of carbonyl (C=O) groups excluding carboxylic acids is 1. The number of rotatable bonds is 8.